The fourth-order valence-electron chi connectivity index (χ4n) is 1.89. The fourth-order valence-corrected chi connectivity index (χ4v) is 2.52. The maximum absolute atomic E-state index is 11.8. The summed E-state index contributed by atoms with van der Waals surface area (Å²) in [4.78, 5) is 36.8. The Bertz CT molecular complexity index is 858. The summed E-state index contributed by atoms with van der Waals surface area (Å²) in [6.45, 7) is 4.60. The van der Waals surface area contributed by atoms with E-state index in [4.69, 9.17) is 14.2 Å². The number of carbonyl (C=O) groups excluding carboxylic acids is 2. The van der Waals surface area contributed by atoms with Gasteiger partial charge in [0.15, 0.2) is 5.75 Å². The zero-order valence-corrected chi connectivity index (χ0v) is 16.8. The lowest BCUT2D eigenvalue weighted by atomic mass is 10.2. The number of ether oxygens (including phenoxy) is 3. The van der Waals surface area contributed by atoms with Gasteiger partial charge in [0.25, 0.3) is 15.2 Å². The summed E-state index contributed by atoms with van der Waals surface area (Å²) in [5, 5.41) is 9.04. The first-order valence-electron chi connectivity index (χ1n) is 8.28. The van der Waals surface area contributed by atoms with Gasteiger partial charge in [-0.25, -0.2) is 4.79 Å². The topological polar surface area (TPSA) is 169 Å². The molecule has 1 rings (SSSR count). The Morgan fingerprint density at radius 3 is 2.38 bits per heavy atom. The van der Waals surface area contributed by atoms with Crippen LogP contribution in [0.15, 0.2) is 23.1 Å². The van der Waals surface area contributed by atoms with Crippen LogP contribution in [0, 0.1) is 10.1 Å². The van der Waals surface area contributed by atoms with Crippen LogP contribution < -0.4 is 9.47 Å². The maximum Gasteiger partial charge on any atom is 0.514 e. The lowest BCUT2D eigenvalue weighted by molar-refractivity contribution is -0.757. The second-order valence-electron chi connectivity index (χ2n) is 6.64. The van der Waals surface area contributed by atoms with Gasteiger partial charge in [0, 0.05) is 12.5 Å². The Morgan fingerprint density at radius 2 is 1.83 bits per heavy atom. The molecule has 0 aromatic heterocycles. The Kier molecular flexibility index (Phi) is 8.33. The molecule has 0 fully saturated rings. The number of carbonyl (C=O) groups is 2. The van der Waals surface area contributed by atoms with Crippen molar-refractivity contribution in [3.8, 4) is 11.5 Å². The third-order valence-corrected chi connectivity index (χ3v) is 3.85. The quantitative estimate of drug-likeness (QED) is 0.115. The van der Waals surface area contributed by atoms with Crippen LogP contribution in [0.4, 0.5) is 4.79 Å². The summed E-state index contributed by atoms with van der Waals surface area (Å²) in [5.41, 5.74) is -0.844. The zero-order chi connectivity index (χ0) is 22.2. The molecule has 1 aromatic rings. The summed E-state index contributed by atoms with van der Waals surface area (Å²) in [5.74, 6) is -1.57. The highest BCUT2D eigenvalue weighted by Crippen LogP contribution is 2.29. The van der Waals surface area contributed by atoms with Gasteiger partial charge in [0.1, 0.15) is 16.2 Å². The third kappa shape index (κ3) is 9.71. The molecule has 0 spiro atoms. The molecule has 0 aliphatic heterocycles. The highest BCUT2D eigenvalue weighted by atomic mass is 32.2. The van der Waals surface area contributed by atoms with Gasteiger partial charge >= 0.3 is 12.1 Å². The van der Waals surface area contributed by atoms with E-state index in [0.29, 0.717) is 0 Å². The fraction of sp³-hybridized carbons (Fsp3) is 0.500. The van der Waals surface area contributed by atoms with Gasteiger partial charge in [-0.15, -0.1) is 10.1 Å². The van der Waals surface area contributed by atoms with Crippen LogP contribution in [0.1, 0.15) is 40.0 Å². The SMILES string of the molecule is CC(C)(C)OC(=O)Oc1ccc(OC(=O)CCCCO[N+](=O)[O-])c(S(=O)(=O)O)c1. The largest absolute Gasteiger partial charge is 0.514 e. The molecule has 0 saturated heterocycles. The van der Waals surface area contributed by atoms with Crippen molar-refractivity contribution in [3.05, 3.63) is 28.3 Å². The van der Waals surface area contributed by atoms with Gasteiger partial charge in [0.05, 0.1) is 6.61 Å². The molecule has 0 radical (unpaired) electrons. The van der Waals surface area contributed by atoms with E-state index in [1.807, 2.05) is 0 Å². The second kappa shape index (κ2) is 10.0. The zero-order valence-electron chi connectivity index (χ0n) is 15.9. The predicted octanol–water partition coefficient (Wildman–Crippen LogP) is 2.53. The average molecular weight is 435 g/mol. The standard InChI is InChI=1S/C16H21NO11S/c1-16(2,3)28-15(19)26-11-7-8-12(13(10-11)29(22,23)24)27-14(18)6-4-5-9-25-17(20)21/h7-8,10H,4-6,9H2,1-3H3,(H,22,23,24). The lowest BCUT2D eigenvalue weighted by Gasteiger charge is -2.18. The Balaban J connectivity index is 2.81. The molecule has 0 bridgehead atoms. The van der Waals surface area contributed by atoms with Crippen molar-refractivity contribution in [2.45, 2.75) is 50.5 Å². The van der Waals surface area contributed by atoms with E-state index in [9.17, 15) is 32.7 Å². The van der Waals surface area contributed by atoms with Gasteiger partial charge in [-0.3, -0.25) is 9.35 Å². The average Bonchev–Trinajstić information content (AvgIpc) is 2.52. The van der Waals surface area contributed by atoms with E-state index in [-0.39, 0.29) is 31.6 Å². The molecule has 12 nitrogen and oxygen atoms in total. The van der Waals surface area contributed by atoms with E-state index in [2.05, 4.69) is 4.84 Å². The monoisotopic (exact) mass is 435 g/mol. The highest BCUT2D eigenvalue weighted by molar-refractivity contribution is 7.86. The molecule has 0 heterocycles. The van der Waals surface area contributed by atoms with E-state index < -0.39 is 43.6 Å². The van der Waals surface area contributed by atoms with E-state index in [0.717, 1.165) is 18.2 Å². The molecule has 29 heavy (non-hydrogen) atoms. The number of hydrogen-bond donors (Lipinski definition) is 1. The number of nitrogens with zero attached hydrogens (tertiary/aromatic N) is 1. The molecule has 13 heteroatoms. The maximum atomic E-state index is 11.8. The molecule has 0 atom stereocenters. The Labute approximate surface area is 166 Å². The molecule has 0 aliphatic carbocycles. The number of hydrogen-bond acceptors (Lipinski definition) is 10. The summed E-state index contributed by atoms with van der Waals surface area (Å²) in [6.07, 6.45) is -0.889. The Morgan fingerprint density at radius 1 is 1.17 bits per heavy atom. The van der Waals surface area contributed by atoms with Gasteiger partial charge < -0.3 is 19.0 Å². The molecule has 0 amide bonds. The predicted molar refractivity (Wildman–Crippen MR) is 95.6 cm³/mol. The minimum absolute atomic E-state index is 0.178. The van der Waals surface area contributed by atoms with Crippen molar-refractivity contribution in [3.63, 3.8) is 0 Å². The summed E-state index contributed by atoms with van der Waals surface area (Å²) in [6, 6.07) is 2.97. The minimum Gasteiger partial charge on any atom is -0.428 e. The highest BCUT2D eigenvalue weighted by Gasteiger charge is 2.23. The smallest absolute Gasteiger partial charge is 0.428 e. The number of unbranched alkanes of at least 4 members (excludes halogenated alkanes) is 1. The van der Waals surface area contributed by atoms with Crippen LogP contribution >= 0.6 is 0 Å². The lowest BCUT2D eigenvalue weighted by Crippen LogP contribution is -2.26. The third-order valence-electron chi connectivity index (χ3n) is 2.98. The van der Waals surface area contributed by atoms with Crippen molar-refractivity contribution in [2.24, 2.45) is 0 Å². The van der Waals surface area contributed by atoms with Crippen molar-refractivity contribution < 1.29 is 46.7 Å². The van der Waals surface area contributed by atoms with Gasteiger partial charge in [-0.05, 0) is 45.7 Å². The van der Waals surface area contributed by atoms with Gasteiger partial charge in [-0.2, -0.15) is 8.42 Å². The normalized spacial score (nSPS) is 11.4. The summed E-state index contributed by atoms with van der Waals surface area (Å²) in [7, 11) is -4.82. The van der Waals surface area contributed by atoms with Crippen molar-refractivity contribution in [1.29, 1.82) is 0 Å². The molecule has 0 aliphatic rings. The summed E-state index contributed by atoms with van der Waals surface area (Å²) >= 11 is 0. The van der Waals surface area contributed by atoms with E-state index in [1.54, 1.807) is 20.8 Å². The van der Waals surface area contributed by atoms with E-state index in [1.165, 1.54) is 0 Å². The molecular formula is C16H21NO11S. The first-order chi connectivity index (χ1) is 13.3. The summed E-state index contributed by atoms with van der Waals surface area (Å²) < 4.78 is 47.2. The molecule has 0 unspecified atom stereocenters. The van der Waals surface area contributed by atoms with Crippen LogP contribution in [0.5, 0.6) is 11.5 Å². The molecular weight excluding hydrogens is 414 g/mol. The van der Waals surface area contributed by atoms with Crippen LogP contribution in [0.2, 0.25) is 0 Å². The van der Waals surface area contributed by atoms with Gasteiger partial charge in [-0.1, -0.05) is 0 Å². The van der Waals surface area contributed by atoms with Crippen molar-refractivity contribution in [1.82, 2.24) is 0 Å². The molecule has 162 valence electrons. The number of rotatable bonds is 9. The molecule has 0 saturated carbocycles. The number of benzene rings is 1. The second-order valence-corrected chi connectivity index (χ2v) is 8.03. The van der Waals surface area contributed by atoms with E-state index >= 15 is 0 Å². The van der Waals surface area contributed by atoms with Crippen LogP contribution in [-0.2, 0) is 24.5 Å². The first kappa shape index (κ1) is 24.1. The van der Waals surface area contributed by atoms with Crippen molar-refractivity contribution in [2.75, 3.05) is 6.61 Å². The Hall–Kier alpha value is -2.93. The number of esters is 1. The van der Waals surface area contributed by atoms with Crippen LogP contribution in [-0.4, -0.2) is 42.4 Å². The molecule has 1 N–H and O–H groups in total. The van der Waals surface area contributed by atoms with Gasteiger partial charge in [0.2, 0.25) is 0 Å². The minimum atomic E-state index is -4.82. The first-order valence-corrected chi connectivity index (χ1v) is 9.72. The van der Waals surface area contributed by atoms with Crippen molar-refractivity contribution >= 4 is 22.2 Å². The molecule has 1 aromatic carbocycles. The van der Waals surface area contributed by atoms with Crippen LogP contribution in [0.3, 0.4) is 0 Å². The van der Waals surface area contributed by atoms with Crippen LogP contribution in [0.25, 0.3) is 0 Å².